The van der Waals surface area contributed by atoms with Crippen LogP contribution in [-0.4, -0.2) is 60.6 Å². The van der Waals surface area contributed by atoms with Crippen molar-refractivity contribution in [3.8, 4) is 0 Å². The first-order valence-electron chi connectivity index (χ1n) is 3.84. The Balaban J connectivity index is 2.66. The van der Waals surface area contributed by atoms with E-state index >= 15 is 0 Å². The maximum absolute atomic E-state index is 10.5. The largest absolute Gasteiger partial charge is 0.387 e. The van der Waals surface area contributed by atoms with E-state index < -0.39 is 40.5 Å². The summed E-state index contributed by atoms with van der Waals surface area (Å²) in [6.07, 6.45) is -4.95. The number of aliphatic hydroxyl groups is 2. The molecule has 1 fully saturated rings. The standard InChI is InChI=1S/C6H12O7S/c1-12-6-5(8)4(7)3(13-6)2-14(9,10)11/h3-8H,2H2,1H3,(H,9,10,11)/t3-,4-,5+,6+/m1/s1. The Hall–Kier alpha value is -0.250. The SMILES string of the molecule is CO[C@H]1O[C@H](CS(=O)(=O)O)[C@@H](O)[C@@H]1O. The van der Waals surface area contributed by atoms with E-state index in [9.17, 15) is 18.6 Å². The van der Waals surface area contributed by atoms with Crippen LogP contribution in [0.1, 0.15) is 0 Å². The molecule has 0 aliphatic carbocycles. The van der Waals surface area contributed by atoms with Gasteiger partial charge in [0.25, 0.3) is 10.1 Å². The average molecular weight is 228 g/mol. The molecule has 1 aliphatic rings. The van der Waals surface area contributed by atoms with Crippen LogP contribution in [0.4, 0.5) is 0 Å². The summed E-state index contributed by atoms with van der Waals surface area (Å²) in [6, 6.07) is 0. The molecule has 0 saturated carbocycles. The van der Waals surface area contributed by atoms with E-state index in [2.05, 4.69) is 4.74 Å². The summed E-state index contributed by atoms with van der Waals surface area (Å²) in [5, 5.41) is 18.5. The van der Waals surface area contributed by atoms with Gasteiger partial charge in [0.2, 0.25) is 0 Å². The number of aliphatic hydroxyl groups excluding tert-OH is 2. The molecule has 0 aromatic rings. The summed E-state index contributed by atoms with van der Waals surface area (Å²) in [5.74, 6) is -0.773. The molecule has 0 spiro atoms. The number of ether oxygens (including phenoxy) is 2. The zero-order valence-electron chi connectivity index (χ0n) is 7.40. The van der Waals surface area contributed by atoms with Gasteiger partial charge in [-0.2, -0.15) is 8.42 Å². The summed E-state index contributed by atoms with van der Waals surface area (Å²) in [4.78, 5) is 0. The molecule has 3 N–H and O–H groups in total. The predicted octanol–water partition coefficient (Wildman–Crippen LogP) is -2.03. The van der Waals surface area contributed by atoms with Gasteiger partial charge in [0, 0.05) is 7.11 Å². The van der Waals surface area contributed by atoms with Gasteiger partial charge in [-0.15, -0.1) is 0 Å². The van der Waals surface area contributed by atoms with Crippen LogP contribution in [0, 0.1) is 0 Å². The molecule has 0 aromatic carbocycles. The Morgan fingerprint density at radius 2 is 1.93 bits per heavy atom. The van der Waals surface area contributed by atoms with E-state index in [1.54, 1.807) is 0 Å². The van der Waals surface area contributed by atoms with Crippen LogP contribution in [-0.2, 0) is 19.6 Å². The second kappa shape index (κ2) is 4.09. The lowest BCUT2D eigenvalue weighted by Crippen LogP contribution is -2.35. The Bertz CT molecular complexity index is 287. The van der Waals surface area contributed by atoms with E-state index in [1.807, 2.05) is 0 Å². The molecule has 0 bridgehead atoms. The van der Waals surface area contributed by atoms with E-state index in [0.29, 0.717) is 0 Å². The van der Waals surface area contributed by atoms with Crippen molar-refractivity contribution in [1.29, 1.82) is 0 Å². The molecule has 0 amide bonds. The van der Waals surface area contributed by atoms with Crippen LogP contribution in [0.2, 0.25) is 0 Å². The summed E-state index contributed by atoms with van der Waals surface area (Å²) in [5.41, 5.74) is 0. The fourth-order valence-electron chi connectivity index (χ4n) is 1.25. The number of methoxy groups -OCH3 is 1. The van der Waals surface area contributed by atoms with E-state index in [-0.39, 0.29) is 0 Å². The van der Waals surface area contributed by atoms with Gasteiger partial charge in [-0.1, -0.05) is 0 Å². The second-order valence-corrected chi connectivity index (χ2v) is 4.51. The van der Waals surface area contributed by atoms with Crippen LogP contribution in [0.5, 0.6) is 0 Å². The van der Waals surface area contributed by atoms with Gasteiger partial charge in [-0.3, -0.25) is 4.55 Å². The maximum atomic E-state index is 10.5. The highest BCUT2D eigenvalue weighted by atomic mass is 32.2. The van der Waals surface area contributed by atoms with Crippen LogP contribution in [0.25, 0.3) is 0 Å². The van der Waals surface area contributed by atoms with E-state index in [4.69, 9.17) is 9.29 Å². The Kier molecular flexibility index (Phi) is 3.45. The molecule has 0 radical (unpaired) electrons. The number of hydrogen-bond donors (Lipinski definition) is 3. The predicted molar refractivity (Wildman–Crippen MR) is 44.1 cm³/mol. The molecule has 8 heteroatoms. The Morgan fingerprint density at radius 3 is 2.29 bits per heavy atom. The van der Waals surface area contributed by atoms with Crippen molar-refractivity contribution in [2.45, 2.75) is 24.6 Å². The average Bonchev–Trinajstić information content (AvgIpc) is 2.30. The Labute approximate surface area is 81.0 Å². The topological polar surface area (TPSA) is 113 Å². The molecule has 1 aliphatic heterocycles. The second-order valence-electron chi connectivity index (χ2n) is 3.01. The van der Waals surface area contributed by atoms with Gasteiger partial charge in [0.15, 0.2) is 6.29 Å². The molecule has 0 aromatic heterocycles. The molecule has 4 atom stereocenters. The molecule has 1 rings (SSSR count). The third kappa shape index (κ3) is 2.62. The van der Waals surface area contributed by atoms with Gasteiger partial charge in [-0.25, -0.2) is 0 Å². The zero-order valence-corrected chi connectivity index (χ0v) is 8.22. The lowest BCUT2D eigenvalue weighted by atomic mass is 10.2. The van der Waals surface area contributed by atoms with Crippen molar-refractivity contribution in [3.05, 3.63) is 0 Å². The minimum atomic E-state index is -4.25. The van der Waals surface area contributed by atoms with Gasteiger partial charge in [0.05, 0.1) is 0 Å². The third-order valence-corrected chi connectivity index (χ3v) is 2.68. The van der Waals surface area contributed by atoms with Gasteiger partial charge < -0.3 is 19.7 Å². The summed E-state index contributed by atoms with van der Waals surface area (Å²) in [6.45, 7) is 0. The smallest absolute Gasteiger partial charge is 0.267 e. The zero-order chi connectivity index (χ0) is 10.9. The fourth-order valence-corrected chi connectivity index (χ4v) is 1.95. The summed E-state index contributed by atoms with van der Waals surface area (Å²) in [7, 11) is -3.00. The van der Waals surface area contributed by atoms with Gasteiger partial charge >= 0.3 is 0 Å². The first kappa shape index (κ1) is 11.8. The van der Waals surface area contributed by atoms with E-state index in [0.717, 1.165) is 0 Å². The van der Waals surface area contributed by atoms with Crippen LogP contribution in [0.15, 0.2) is 0 Å². The van der Waals surface area contributed by atoms with Crippen molar-refractivity contribution >= 4 is 10.1 Å². The lowest BCUT2D eigenvalue weighted by molar-refractivity contribution is -0.145. The van der Waals surface area contributed by atoms with Gasteiger partial charge in [0.1, 0.15) is 24.1 Å². The highest BCUT2D eigenvalue weighted by molar-refractivity contribution is 7.85. The molecular weight excluding hydrogens is 216 g/mol. The van der Waals surface area contributed by atoms with Crippen molar-refractivity contribution in [3.63, 3.8) is 0 Å². The fraction of sp³-hybridized carbons (Fsp3) is 1.00. The first-order chi connectivity index (χ1) is 6.35. The molecule has 7 nitrogen and oxygen atoms in total. The molecule has 14 heavy (non-hydrogen) atoms. The van der Waals surface area contributed by atoms with Crippen LogP contribution < -0.4 is 0 Å². The highest BCUT2D eigenvalue weighted by Crippen LogP contribution is 2.22. The van der Waals surface area contributed by atoms with Crippen molar-refractivity contribution in [2.24, 2.45) is 0 Å². The maximum Gasteiger partial charge on any atom is 0.267 e. The molecule has 1 heterocycles. The van der Waals surface area contributed by atoms with Crippen molar-refractivity contribution < 1.29 is 32.7 Å². The lowest BCUT2D eigenvalue weighted by Gasteiger charge is -2.11. The molecular formula is C6H12O7S. The van der Waals surface area contributed by atoms with E-state index in [1.165, 1.54) is 7.11 Å². The van der Waals surface area contributed by atoms with Crippen LogP contribution >= 0.6 is 0 Å². The van der Waals surface area contributed by atoms with Crippen LogP contribution in [0.3, 0.4) is 0 Å². The first-order valence-corrected chi connectivity index (χ1v) is 5.45. The van der Waals surface area contributed by atoms with Gasteiger partial charge in [-0.05, 0) is 0 Å². The van der Waals surface area contributed by atoms with Crippen molar-refractivity contribution in [2.75, 3.05) is 12.9 Å². The number of hydrogen-bond acceptors (Lipinski definition) is 6. The minimum Gasteiger partial charge on any atom is -0.387 e. The highest BCUT2D eigenvalue weighted by Gasteiger charge is 2.44. The quantitative estimate of drug-likeness (QED) is 0.477. The molecule has 1 saturated heterocycles. The molecule has 0 unspecified atom stereocenters. The monoisotopic (exact) mass is 228 g/mol. The number of rotatable bonds is 3. The summed E-state index contributed by atoms with van der Waals surface area (Å²) >= 11 is 0. The third-order valence-electron chi connectivity index (χ3n) is 1.93. The normalized spacial score (nSPS) is 38.9. The van der Waals surface area contributed by atoms with Crippen molar-refractivity contribution in [1.82, 2.24) is 0 Å². The molecule has 84 valence electrons. The Morgan fingerprint density at radius 1 is 1.36 bits per heavy atom. The minimum absolute atomic E-state index is 0.773. The summed E-state index contributed by atoms with van der Waals surface area (Å²) < 4.78 is 38.9.